The third-order valence-electron chi connectivity index (χ3n) is 6.38. The average Bonchev–Trinajstić information content (AvgIpc) is 2.84. The van der Waals surface area contributed by atoms with Crippen molar-refractivity contribution in [3.05, 3.63) is 53.6 Å². The number of nitrogens with one attached hydrogen (secondary N) is 2. The van der Waals surface area contributed by atoms with Crippen molar-refractivity contribution in [2.75, 3.05) is 68.5 Å². The Bertz CT molecular complexity index is 1070. The number of anilines is 2. The molecule has 8 nitrogen and oxygen atoms in total. The number of benzene rings is 2. The van der Waals surface area contributed by atoms with Gasteiger partial charge in [0.25, 0.3) is 15.9 Å². The first-order valence-corrected chi connectivity index (χ1v) is 13.1. The second-order valence-electron chi connectivity index (χ2n) is 8.61. The summed E-state index contributed by atoms with van der Waals surface area (Å²) in [4.78, 5) is 19.7. The van der Waals surface area contributed by atoms with E-state index >= 15 is 0 Å². The summed E-state index contributed by atoms with van der Waals surface area (Å²) in [6.07, 6.45) is 0. The van der Waals surface area contributed by atoms with Crippen LogP contribution in [-0.4, -0.2) is 83.0 Å². The molecule has 2 aliphatic rings. The highest BCUT2D eigenvalue weighted by atomic mass is 32.2. The molecule has 0 spiro atoms. The lowest BCUT2D eigenvalue weighted by molar-refractivity contribution is 0.0643. The SMILES string of the molecule is CCN1CCN(C(=O)c2ccc(N3CCNCC3)c(NS(=O)(=O)c3ccc(C)cc3)c2)CC1. The molecule has 2 aromatic rings. The smallest absolute Gasteiger partial charge is 0.261 e. The van der Waals surface area contributed by atoms with E-state index in [1.807, 2.05) is 24.0 Å². The van der Waals surface area contributed by atoms with Crippen LogP contribution in [-0.2, 0) is 10.0 Å². The van der Waals surface area contributed by atoms with Crippen LogP contribution in [0.5, 0.6) is 0 Å². The van der Waals surface area contributed by atoms with Crippen molar-refractivity contribution in [2.45, 2.75) is 18.7 Å². The van der Waals surface area contributed by atoms with Crippen molar-refractivity contribution in [3.8, 4) is 0 Å². The van der Waals surface area contributed by atoms with E-state index in [0.29, 0.717) is 24.3 Å². The van der Waals surface area contributed by atoms with Crippen molar-refractivity contribution >= 4 is 27.3 Å². The number of hydrogen-bond donors (Lipinski definition) is 2. The molecule has 0 aromatic heterocycles. The first-order chi connectivity index (χ1) is 15.9. The van der Waals surface area contributed by atoms with Crippen LogP contribution in [0.25, 0.3) is 0 Å². The summed E-state index contributed by atoms with van der Waals surface area (Å²) in [6, 6.07) is 12.1. The van der Waals surface area contributed by atoms with E-state index in [1.165, 1.54) is 0 Å². The van der Waals surface area contributed by atoms with E-state index in [0.717, 1.165) is 57.1 Å². The van der Waals surface area contributed by atoms with E-state index in [1.54, 1.807) is 30.3 Å². The van der Waals surface area contributed by atoms with Gasteiger partial charge in [0.15, 0.2) is 0 Å². The molecule has 0 aliphatic carbocycles. The van der Waals surface area contributed by atoms with Gasteiger partial charge in [-0.15, -0.1) is 0 Å². The van der Waals surface area contributed by atoms with Gasteiger partial charge in [-0.25, -0.2) is 8.42 Å². The predicted octanol–water partition coefficient (Wildman–Crippen LogP) is 1.98. The molecule has 2 aromatic carbocycles. The molecule has 178 valence electrons. The lowest BCUT2D eigenvalue weighted by Crippen LogP contribution is -2.48. The van der Waals surface area contributed by atoms with Crippen LogP contribution in [0.3, 0.4) is 0 Å². The molecule has 0 atom stereocenters. The summed E-state index contributed by atoms with van der Waals surface area (Å²) >= 11 is 0. The highest BCUT2D eigenvalue weighted by Crippen LogP contribution is 2.30. The molecule has 1 amide bonds. The summed E-state index contributed by atoms with van der Waals surface area (Å²) in [5.74, 6) is -0.0617. The number of hydrogen-bond acceptors (Lipinski definition) is 6. The van der Waals surface area contributed by atoms with Crippen LogP contribution >= 0.6 is 0 Å². The highest BCUT2D eigenvalue weighted by Gasteiger charge is 2.25. The monoisotopic (exact) mass is 471 g/mol. The molecule has 2 fully saturated rings. The number of rotatable bonds is 6. The minimum atomic E-state index is -3.79. The van der Waals surface area contributed by atoms with Gasteiger partial charge in [-0.1, -0.05) is 24.6 Å². The fraction of sp³-hybridized carbons (Fsp3) is 0.458. The summed E-state index contributed by atoms with van der Waals surface area (Å²) in [5, 5.41) is 3.32. The third-order valence-corrected chi connectivity index (χ3v) is 7.76. The maximum absolute atomic E-state index is 13.2. The molecule has 9 heteroatoms. The minimum absolute atomic E-state index is 0.0617. The number of amides is 1. The number of carbonyl (C=O) groups excluding carboxylic acids is 1. The quantitative estimate of drug-likeness (QED) is 0.670. The van der Waals surface area contributed by atoms with Gasteiger partial charge >= 0.3 is 0 Å². The first-order valence-electron chi connectivity index (χ1n) is 11.6. The van der Waals surface area contributed by atoms with Gasteiger partial charge in [-0.05, 0) is 43.8 Å². The van der Waals surface area contributed by atoms with Gasteiger partial charge in [0, 0.05) is 57.9 Å². The maximum atomic E-state index is 13.2. The Morgan fingerprint density at radius 1 is 0.970 bits per heavy atom. The number of nitrogens with zero attached hydrogens (tertiary/aromatic N) is 3. The molecule has 0 unspecified atom stereocenters. The molecule has 2 saturated heterocycles. The van der Waals surface area contributed by atoms with Crippen LogP contribution in [0.1, 0.15) is 22.8 Å². The Morgan fingerprint density at radius 3 is 2.27 bits per heavy atom. The van der Waals surface area contributed by atoms with Crippen molar-refractivity contribution in [1.82, 2.24) is 15.1 Å². The topological polar surface area (TPSA) is 85.0 Å². The Balaban J connectivity index is 1.63. The minimum Gasteiger partial charge on any atom is -0.367 e. The van der Waals surface area contributed by atoms with E-state index in [2.05, 4.69) is 26.8 Å². The predicted molar refractivity (Wildman–Crippen MR) is 132 cm³/mol. The fourth-order valence-corrected chi connectivity index (χ4v) is 5.37. The van der Waals surface area contributed by atoms with E-state index in [9.17, 15) is 13.2 Å². The van der Waals surface area contributed by atoms with Crippen LogP contribution in [0.15, 0.2) is 47.4 Å². The molecule has 2 aliphatic heterocycles. The normalized spacial score (nSPS) is 17.8. The zero-order chi connectivity index (χ0) is 23.4. The van der Waals surface area contributed by atoms with Crippen LogP contribution < -0.4 is 14.9 Å². The molecule has 0 saturated carbocycles. The Morgan fingerprint density at radius 2 is 1.64 bits per heavy atom. The van der Waals surface area contributed by atoms with Crippen molar-refractivity contribution in [2.24, 2.45) is 0 Å². The lowest BCUT2D eigenvalue weighted by atomic mass is 10.1. The molecule has 2 heterocycles. The van der Waals surface area contributed by atoms with Gasteiger partial charge in [0.1, 0.15) is 0 Å². The van der Waals surface area contributed by atoms with Gasteiger partial charge in [0.05, 0.1) is 16.3 Å². The first kappa shape index (κ1) is 23.5. The standard InChI is InChI=1S/C24H33N5O3S/c1-3-27-14-16-29(17-15-27)24(30)20-6-9-23(28-12-10-25-11-13-28)22(18-20)26-33(31,32)21-7-4-19(2)5-8-21/h4-9,18,25-26H,3,10-17H2,1-2H3. The fourth-order valence-electron chi connectivity index (χ4n) is 4.30. The summed E-state index contributed by atoms with van der Waals surface area (Å²) < 4.78 is 29.1. The Labute approximate surface area is 196 Å². The van der Waals surface area contributed by atoms with Gasteiger partial charge < -0.3 is 20.0 Å². The maximum Gasteiger partial charge on any atom is 0.261 e. The molecule has 2 N–H and O–H groups in total. The van der Waals surface area contributed by atoms with E-state index in [4.69, 9.17) is 0 Å². The lowest BCUT2D eigenvalue weighted by Gasteiger charge is -2.34. The summed E-state index contributed by atoms with van der Waals surface area (Å²) in [7, 11) is -3.79. The van der Waals surface area contributed by atoms with Gasteiger partial charge in [-0.2, -0.15) is 0 Å². The van der Waals surface area contributed by atoms with Crippen molar-refractivity contribution < 1.29 is 13.2 Å². The van der Waals surface area contributed by atoms with Crippen LogP contribution in [0.4, 0.5) is 11.4 Å². The molecular weight excluding hydrogens is 438 g/mol. The van der Waals surface area contributed by atoms with Crippen LogP contribution in [0, 0.1) is 6.92 Å². The number of aryl methyl sites for hydroxylation is 1. The number of piperazine rings is 2. The second kappa shape index (κ2) is 10.1. The third kappa shape index (κ3) is 5.48. The van der Waals surface area contributed by atoms with E-state index < -0.39 is 10.0 Å². The number of carbonyl (C=O) groups is 1. The van der Waals surface area contributed by atoms with Gasteiger partial charge in [0.2, 0.25) is 0 Å². The second-order valence-corrected chi connectivity index (χ2v) is 10.3. The molecule has 0 bridgehead atoms. The van der Waals surface area contributed by atoms with Crippen molar-refractivity contribution in [1.29, 1.82) is 0 Å². The summed E-state index contributed by atoms with van der Waals surface area (Å²) in [6.45, 7) is 11.3. The zero-order valence-corrected chi connectivity index (χ0v) is 20.2. The van der Waals surface area contributed by atoms with Crippen molar-refractivity contribution in [3.63, 3.8) is 0 Å². The average molecular weight is 472 g/mol. The van der Waals surface area contributed by atoms with Crippen LogP contribution in [0.2, 0.25) is 0 Å². The Hall–Kier alpha value is -2.62. The van der Waals surface area contributed by atoms with Gasteiger partial charge in [-0.3, -0.25) is 9.52 Å². The molecular formula is C24H33N5O3S. The largest absolute Gasteiger partial charge is 0.367 e. The molecule has 4 rings (SSSR count). The number of likely N-dealkylation sites (N-methyl/N-ethyl adjacent to an activating group) is 1. The molecule has 0 radical (unpaired) electrons. The zero-order valence-electron chi connectivity index (χ0n) is 19.4. The van der Waals surface area contributed by atoms with E-state index in [-0.39, 0.29) is 10.8 Å². The molecule has 33 heavy (non-hydrogen) atoms. The summed E-state index contributed by atoms with van der Waals surface area (Å²) in [5.41, 5.74) is 2.72. The Kier molecular flexibility index (Phi) is 7.21. The highest BCUT2D eigenvalue weighted by molar-refractivity contribution is 7.92. The number of sulfonamides is 1.